The van der Waals surface area contributed by atoms with Gasteiger partial charge in [0.15, 0.2) is 0 Å². The first-order valence-corrected chi connectivity index (χ1v) is 6.99. The van der Waals surface area contributed by atoms with E-state index in [1.807, 2.05) is 25.1 Å². The number of amides is 1. The SMILES string of the molecule is CCCCOCCNC(=O)c1ccc(N(C)C)c(N)c1. The highest BCUT2D eigenvalue weighted by Crippen LogP contribution is 2.22. The summed E-state index contributed by atoms with van der Waals surface area (Å²) >= 11 is 0. The van der Waals surface area contributed by atoms with Gasteiger partial charge in [-0.2, -0.15) is 0 Å². The molecule has 1 rings (SSSR count). The lowest BCUT2D eigenvalue weighted by molar-refractivity contribution is 0.0913. The van der Waals surface area contributed by atoms with Crippen LogP contribution in [0.4, 0.5) is 11.4 Å². The first-order chi connectivity index (χ1) is 9.56. The van der Waals surface area contributed by atoms with Crippen molar-refractivity contribution in [2.45, 2.75) is 19.8 Å². The first-order valence-electron chi connectivity index (χ1n) is 6.99. The van der Waals surface area contributed by atoms with E-state index in [4.69, 9.17) is 10.5 Å². The number of nitrogens with two attached hydrogens (primary N) is 1. The van der Waals surface area contributed by atoms with E-state index in [9.17, 15) is 4.79 Å². The highest BCUT2D eigenvalue weighted by atomic mass is 16.5. The van der Waals surface area contributed by atoms with E-state index >= 15 is 0 Å². The fourth-order valence-corrected chi connectivity index (χ4v) is 1.79. The third-order valence-electron chi connectivity index (χ3n) is 2.95. The van der Waals surface area contributed by atoms with Crippen LogP contribution in [0.3, 0.4) is 0 Å². The summed E-state index contributed by atoms with van der Waals surface area (Å²) in [5.74, 6) is -0.124. The maximum absolute atomic E-state index is 11.9. The number of nitrogens with one attached hydrogen (secondary N) is 1. The molecule has 1 aromatic rings. The normalized spacial score (nSPS) is 10.3. The Morgan fingerprint density at radius 1 is 1.35 bits per heavy atom. The summed E-state index contributed by atoms with van der Waals surface area (Å²) in [6, 6.07) is 5.32. The van der Waals surface area contributed by atoms with Crippen molar-refractivity contribution in [3.8, 4) is 0 Å². The van der Waals surface area contributed by atoms with E-state index in [1.54, 1.807) is 12.1 Å². The monoisotopic (exact) mass is 279 g/mol. The van der Waals surface area contributed by atoms with Gasteiger partial charge in [0.2, 0.25) is 0 Å². The first kappa shape index (κ1) is 16.3. The Kier molecular flexibility index (Phi) is 6.87. The van der Waals surface area contributed by atoms with E-state index < -0.39 is 0 Å². The molecule has 0 unspecified atom stereocenters. The van der Waals surface area contributed by atoms with Gasteiger partial charge in [-0.25, -0.2) is 0 Å². The second kappa shape index (κ2) is 8.43. The number of rotatable bonds is 8. The molecule has 0 spiro atoms. The van der Waals surface area contributed by atoms with E-state index in [-0.39, 0.29) is 5.91 Å². The Morgan fingerprint density at radius 2 is 2.10 bits per heavy atom. The van der Waals surface area contributed by atoms with Gasteiger partial charge in [-0.15, -0.1) is 0 Å². The topological polar surface area (TPSA) is 67.6 Å². The van der Waals surface area contributed by atoms with E-state index in [0.717, 1.165) is 25.1 Å². The van der Waals surface area contributed by atoms with Crippen LogP contribution in [0, 0.1) is 0 Å². The standard InChI is InChI=1S/C15H25N3O2/c1-4-5-9-20-10-8-17-15(19)12-6-7-14(18(2)3)13(16)11-12/h6-7,11H,4-5,8-10,16H2,1-3H3,(H,17,19). The van der Waals surface area contributed by atoms with Crippen LogP contribution in [0.2, 0.25) is 0 Å². The highest BCUT2D eigenvalue weighted by molar-refractivity contribution is 5.96. The fourth-order valence-electron chi connectivity index (χ4n) is 1.79. The molecule has 0 aliphatic rings. The smallest absolute Gasteiger partial charge is 0.251 e. The zero-order valence-electron chi connectivity index (χ0n) is 12.6. The number of hydrogen-bond donors (Lipinski definition) is 2. The Balaban J connectivity index is 2.42. The molecular weight excluding hydrogens is 254 g/mol. The Bertz CT molecular complexity index is 433. The summed E-state index contributed by atoms with van der Waals surface area (Å²) < 4.78 is 5.39. The lowest BCUT2D eigenvalue weighted by atomic mass is 10.1. The molecule has 112 valence electrons. The molecule has 20 heavy (non-hydrogen) atoms. The molecule has 0 radical (unpaired) electrons. The molecule has 0 bridgehead atoms. The molecule has 0 atom stereocenters. The third kappa shape index (κ3) is 5.09. The van der Waals surface area contributed by atoms with Gasteiger partial charge in [-0.3, -0.25) is 4.79 Å². The number of nitrogens with zero attached hydrogens (tertiary/aromatic N) is 1. The number of nitrogen functional groups attached to an aromatic ring is 1. The molecule has 0 aliphatic carbocycles. The van der Waals surface area contributed by atoms with Crippen molar-refractivity contribution in [2.75, 3.05) is 44.5 Å². The van der Waals surface area contributed by atoms with Gasteiger partial charge >= 0.3 is 0 Å². The zero-order chi connectivity index (χ0) is 15.0. The predicted octanol–water partition coefficient (Wildman–Crippen LogP) is 1.88. The number of benzene rings is 1. The molecule has 0 heterocycles. The van der Waals surface area contributed by atoms with Crippen molar-refractivity contribution in [1.29, 1.82) is 0 Å². The molecule has 0 aliphatic heterocycles. The van der Waals surface area contributed by atoms with Gasteiger partial charge in [-0.1, -0.05) is 13.3 Å². The van der Waals surface area contributed by atoms with Crippen LogP contribution >= 0.6 is 0 Å². The minimum Gasteiger partial charge on any atom is -0.397 e. The maximum Gasteiger partial charge on any atom is 0.251 e. The van der Waals surface area contributed by atoms with Crippen LogP contribution in [0.25, 0.3) is 0 Å². The lowest BCUT2D eigenvalue weighted by Gasteiger charge is -2.15. The summed E-state index contributed by atoms with van der Waals surface area (Å²) in [5, 5.41) is 2.82. The summed E-state index contributed by atoms with van der Waals surface area (Å²) in [5.41, 5.74) is 8.00. The largest absolute Gasteiger partial charge is 0.397 e. The van der Waals surface area contributed by atoms with Crippen molar-refractivity contribution in [2.24, 2.45) is 0 Å². The Morgan fingerprint density at radius 3 is 2.70 bits per heavy atom. The van der Waals surface area contributed by atoms with Crippen LogP contribution in [-0.4, -0.2) is 39.8 Å². The molecule has 0 aromatic heterocycles. The Hall–Kier alpha value is -1.75. The Labute approximate surface area is 121 Å². The third-order valence-corrected chi connectivity index (χ3v) is 2.95. The summed E-state index contributed by atoms with van der Waals surface area (Å²) in [6.45, 7) is 3.92. The van der Waals surface area contributed by atoms with Crippen molar-refractivity contribution >= 4 is 17.3 Å². The van der Waals surface area contributed by atoms with Crippen molar-refractivity contribution in [3.05, 3.63) is 23.8 Å². The second-order valence-electron chi connectivity index (χ2n) is 4.89. The van der Waals surface area contributed by atoms with Gasteiger partial charge in [-0.05, 0) is 24.6 Å². The van der Waals surface area contributed by atoms with Crippen molar-refractivity contribution in [1.82, 2.24) is 5.32 Å². The van der Waals surface area contributed by atoms with E-state index in [2.05, 4.69) is 12.2 Å². The number of hydrogen-bond acceptors (Lipinski definition) is 4. The molecule has 1 amide bonds. The average molecular weight is 279 g/mol. The number of unbranched alkanes of at least 4 members (excludes halogenated alkanes) is 1. The summed E-state index contributed by atoms with van der Waals surface area (Å²) in [4.78, 5) is 13.8. The van der Waals surface area contributed by atoms with Crippen molar-refractivity contribution < 1.29 is 9.53 Å². The average Bonchev–Trinajstić information content (AvgIpc) is 2.41. The lowest BCUT2D eigenvalue weighted by Crippen LogP contribution is -2.27. The van der Waals surface area contributed by atoms with Crippen LogP contribution in [-0.2, 0) is 4.74 Å². The second-order valence-corrected chi connectivity index (χ2v) is 4.89. The molecular formula is C15H25N3O2. The van der Waals surface area contributed by atoms with Gasteiger partial charge < -0.3 is 20.7 Å². The minimum atomic E-state index is -0.124. The molecule has 0 saturated carbocycles. The fraction of sp³-hybridized carbons (Fsp3) is 0.533. The van der Waals surface area contributed by atoms with E-state index in [1.165, 1.54) is 0 Å². The summed E-state index contributed by atoms with van der Waals surface area (Å²) in [6.07, 6.45) is 2.17. The van der Waals surface area contributed by atoms with Gasteiger partial charge in [0.25, 0.3) is 5.91 Å². The molecule has 0 fully saturated rings. The maximum atomic E-state index is 11.9. The van der Waals surface area contributed by atoms with Crippen LogP contribution in [0.1, 0.15) is 30.1 Å². The zero-order valence-corrected chi connectivity index (χ0v) is 12.6. The predicted molar refractivity (Wildman–Crippen MR) is 83.2 cm³/mol. The highest BCUT2D eigenvalue weighted by Gasteiger charge is 2.08. The van der Waals surface area contributed by atoms with Gasteiger partial charge in [0.05, 0.1) is 18.0 Å². The van der Waals surface area contributed by atoms with Crippen molar-refractivity contribution in [3.63, 3.8) is 0 Å². The number of ether oxygens (including phenoxy) is 1. The van der Waals surface area contributed by atoms with Gasteiger partial charge in [0, 0.05) is 32.8 Å². The molecule has 5 heteroatoms. The van der Waals surface area contributed by atoms with Crippen LogP contribution in [0.15, 0.2) is 18.2 Å². The number of carbonyl (C=O) groups is 1. The molecule has 5 nitrogen and oxygen atoms in total. The van der Waals surface area contributed by atoms with Crippen LogP contribution in [0.5, 0.6) is 0 Å². The molecule has 3 N–H and O–H groups in total. The minimum absolute atomic E-state index is 0.124. The van der Waals surface area contributed by atoms with Gasteiger partial charge in [0.1, 0.15) is 0 Å². The summed E-state index contributed by atoms with van der Waals surface area (Å²) in [7, 11) is 3.83. The van der Waals surface area contributed by atoms with Crippen LogP contribution < -0.4 is 16.0 Å². The molecule has 1 aromatic carbocycles. The van der Waals surface area contributed by atoms with E-state index in [0.29, 0.717) is 24.4 Å². The number of anilines is 2. The molecule has 0 saturated heterocycles. The number of carbonyl (C=O) groups excluding carboxylic acids is 1. The quantitative estimate of drug-likeness (QED) is 0.563.